The van der Waals surface area contributed by atoms with Gasteiger partial charge in [-0.05, 0) is 37.1 Å². The van der Waals surface area contributed by atoms with Gasteiger partial charge in [0.2, 0.25) is 0 Å². The van der Waals surface area contributed by atoms with Crippen molar-refractivity contribution in [1.82, 2.24) is 9.78 Å². The molecule has 5 heteroatoms. The molecule has 2 rings (SSSR count). The number of aromatic nitrogens is 2. The van der Waals surface area contributed by atoms with Crippen molar-refractivity contribution in [3.63, 3.8) is 0 Å². The second kappa shape index (κ2) is 5.91. The summed E-state index contributed by atoms with van der Waals surface area (Å²) in [5, 5.41) is 4.18. The van der Waals surface area contributed by atoms with Gasteiger partial charge in [-0.15, -0.1) is 0 Å². The van der Waals surface area contributed by atoms with E-state index in [9.17, 15) is 0 Å². The van der Waals surface area contributed by atoms with Crippen LogP contribution in [0.5, 0.6) is 0 Å². The molecule has 1 atom stereocenters. The predicted molar refractivity (Wildman–Crippen MR) is 78.8 cm³/mol. The van der Waals surface area contributed by atoms with Crippen molar-refractivity contribution in [2.75, 3.05) is 0 Å². The van der Waals surface area contributed by atoms with E-state index >= 15 is 0 Å². The maximum Gasteiger partial charge on any atom is 0.0629 e. The Balaban J connectivity index is 2.26. The van der Waals surface area contributed by atoms with Gasteiger partial charge in [0.05, 0.1) is 11.1 Å². The molecule has 0 spiro atoms. The van der Waals surface area contributed by atoms with Crippen molar-refractivity contribution in [2.24, 2.45) is 12.8 Å². The summed E-state index contributed by atoms with van der Waals surface area (Å²) in [5.74, 6) is 0. The monoisotopic (exact) mass is 325 g/mol. The fourth-order valence-electron chi connectivity index (χ4n) is 1.73. The smallest absolute Gasteiger partial charge is 0.0629 e. The van der Waals surface area contributed by atoms with Crippen LogP contribution in [0.1, 0.15) is 12.5 Å². The summed E-state index contributed by atoms with van der Waals surface area (Å²) >= 11 is 5.24. The number of benzene rings is 1. The highest BCUT2D eigenvalue weighted by molar-refractivity contribution is 9.10. The van der Waals surface area contributed by atoms with E-state index in [4.69, 9.17) is 5.73 Å². The van der Waals surface area contributed by atoms with Crippen molar-refractivity contribution in [1.29, 1.82) is 0 Å². The van der Waals surface area contributed by atoms with Crippen LogP contribution in [-0.2, 0) is 13.5 Å². The Kier molecular flexibility index (Phi) is 4.48. The Labute approximate surface area is 120 Å². The van der Waals surface area contributed by atoms with Crippen molar-refractivity contribution in [3.05, 3.63) is 40.6 Å². The summed E-state index contributed by atoms with van der Waals surface area (Å²) in [6.07, 6.45) is 4.77. The molecule has 0 aliphatic rings. The van der Waals surface area contributed by atoms with E-state index in [1.165, 1.54) is 10.5 Å². The van der Waals surface area contributed by atoms with Gasteiger partial charge < -0.3 is 5.73 Å². The first-order valence-corrected chi connectivity index (χ1v) is 7.36. The van der Waals surface area contributed by atoms with E-state index in [1.54, 1.807) is 11.8 Å². The molecule has 0 aliphatic heterocycles. The van der Waals surface area contributed by atoms with Gasteiger partial charge in [0.15, 0.2) is 0 Å². The SMILES string of the molecule is CC(N)Cc1cc(Br)ccc1Sc1cnn(C)c1. The van der Waals surface area contributed by atoms with Crippen LogP contribution in [-0.4, -0.2) is 15.8 Å². The Hall–Kier alpha value is -0.780. The van der Waals surface area contributed by atoms with E-state index < -0.39 is 0 Å². The van der Waals surface area contributed by atoms with Crippen LogP contribution in [0.2, 0.25) is 0 Å². The fraction of sp³-hybridized carbons (Fsp3) is 0.308. The molecule has 96 valence electrons. The number of hydrogen-bond acceptors (Lipinski definition) is 3. The van der Waals surface area contributed by atoms with Crippen molar-refractivity contribution >= 4 is 27.7 Å². The molecule has 1 aromatic carbocycles. The van der Waals surface area contributed by atoms with Gasteiger partial charge in [0.25, 0.3) is 0 Å². The molecule has 0 saturated carbocycles. The van der Waals surface area contributed by atoms with Crippen molar-refractivity contribution in [2.45, 2.75) is 29.2 Å². The average Bonchev–Trinajstić information content (AvgIpc) is 2.67. The summed E-state index contributed by atoms with van der Waals surface area (Å²) in [4.78, 5) is 2.38. The van der Waals surface area contributed by atoms with Gasteiger partial charge in [0.1, 0.15) is 0 Å². The van der Waals surface area contributed by atoms with Crippen LogP contribution in [0.4, 0.5) is 0 Å². The number of rotatable bonds is 4. The minimum absolute atomic E-state index is 0.160. The van der Waals surface area contributed by atoms with Gasteiger partial charge in [0, 0.05) is 28.7 Å². The second-order valence-corrected chi connectivity index (χ2v) is 6.42. The Morgan fingerprint density at radius 2 is 2.28 bits per heavy atom. The van der Waals surface area contributed by atoms with Gasteiger partial charge in [-0.2, -0.15) is 5.10 Å². The maximum atomic E-state index is 5.90. The van der Waals surface area contributed by atoms with Crippen LogP contribution in [0, 0.1) is 0 Å². The van der Waals surface area contributed by atoms with Gasteiger partial charge >= 0.3 is 0 Å². The average molecular weight is 326 g/mol. The van der Waals surface area contributed by atoms with Crippen LogP contribution in [0.15, 0.2) is 44.9 Å². The molecule has 1 unspecified atom stereocenters. The largest absolute Gasteiger partial charge is 0.328 e. The Morgan fingerprint density at radius 1 is 1.50 bits per heavy atom. The molecule has 1 aromatic heterocycles. The van der Waals surface area contributed by atoms with Crippen LogP contribution in [0.25, 0.3) is 0 Å². The highest BCUT2D eigenvalue weighted by Gasteiger charge is 2.08. The molecule has 18 heavy (non-hydrogen) atoms. The van der Waals surface area contributed by atoms with Gasteiger partial charge in [-0.25, -0.2) is 0 Å². The summed E-state index contributed by atoms with van der Waals surface area (Å²) in [6, 6.07) is 6.48. The Bertz CT molecular complexity index is 537. The lowest BCUT2D eigenvalue weighted by atomic mass is 10.1. The molecule has 0 fully saturated rings. The molecule has 0 radical (unpaired) electrons. The lowest BCUT2D eigenvalue weighted by molar-refractivity contribution is 0.729. The zero-order valence-corrected chi connectivity index (χ0v) is 12.8. The van der Waals surface area contributed by atoms with E-state index in [-0.39, 0.29) is 6.04 Å². The molecule has 0 aliphatic carbocycles. The molecule has 2 N–H and O–H groups in total. The number of halogens is 1. The summed E-state index contributed by atoms with van der Waals surface area (Å²) < 4.78 is 2.90. The molecular formula is C13H16BrN3S. The quantitative estimate of drug-likeness (QED) is 0.938. The zero-order chi connectivity index (χ0) is 13.1. The standard InChI is InChI=1S/C13H16BrN3S/c1-9(15)5-10-6-11(14)3-4-13(10)18-12-7-16-17(2)8-12/h3-4,6-9H,5,15H2,1-2H3. The first-order valence-electron chi connectivity index (χ1n) is 5.75. The second-order valence-electron chi connectivity index (χ2n) is 4.39. The first-order chi connectivity index (χ1) is 8.54. The van der Waals surface area contributed by atoms with E-state index in [0.717, 1.165) is 15.8 Å². The van der Waals surface area contributed by atoms with Crippen molar-refractivity contribution < 1.29 is 0 Å². The summed E-state index contributed by atoms with van der Waals surface area (Å²) in [5.41, 5.74) is 7.17. The van der Waals surface area contributed by atoms with Crippen LogP contribution >= 0.6 is 27.7 Å². The fourth-order valence-corrected chi connectivity index (χ4v) is 3.11. The third kappa shape index (κ3) is 3.60. The van der Waals surface area contributed by atoms with Crippen LogP contribution in [0.3, 0.4) is 0 Å². The molecular weight excluding hydrogens is 310 g/mol. The minimum atomic E-state index is 0.160. The van der Waals surface area contributed by atoms with E-state index in [0.29, 0.717) is 0 Å². The summed E-state index contributed by atoms with van der Waals surface area (Å²) in [7, 11) is 1.93. The third-order valence-electron chi connectivity index (χ3n) is 2.47. The highest BCUT2D eigenvalue weighted by Crippen LogP contribution is 2.32. The first kappa shape index (κ1) is 13.6. The lowest BCUT2D eigenvalue weighted by Gasteiger charge is -2.11. The molecule has 3 nitrogen and oxygen atoms in total. The van der Waals surface area contributed by atoms with E-state index in [2.05, 4.69) is 39.2 Å². The molecule has 0 amide bonds. The Morgan fingerprint density at radius 3 is 2.89 bits per heavy atom. The summed E-state index contributed by atoms with van der Waals surface area (Å²) in [6.45, 7) is 2.03. The zero-order valence-electron chi connectivity index (χ0n) is 10.4. The molecule has 1 heterocycles. The topological polar surface area (TPSA) is 43.8 Å². The predicted octanol–water partition coefficient (Wildman–Crippen LogP) is 3.22. The number of nitrogens with zero attached hydrogens (tertiary/aromatic N) is 2. The normalized spacial score (nSPS) is 12.7. The van der Waals surface area contributed by atoms with Gasteiger partial charge in [-0.3, -0.25) is 4.68 Å². The van der Waals surface area contributed by atoms with Crippen LogP contribution < -0.4 is 5.73 Å². The number of hydrogen-bond donors (Lipinski definition) is 1. The molecule has 0 saturated heterocycles. The number of aryl methyl sites for hydroxylation is 1. The third-order valence-corrected chi connectivity index (χ3v) is 4.03. The molecule has 0 bridgehead atoms. The van der Waals surface area contributed by atoms with Crippen molar-refractivity contribution in [3.8, 4) is 0 Å². The maximum absolute atomic E-state index is 5.90. The lowest BCUT2D eigenvalue weighted by Crippen LogP contribution is -2.18. The van der Waals surface area contributed by atoms with Gasteiger partial charge in [-0.1, -0.05) is 27.7 Å². The molecule has 2 aromatic rings. The number of nitrogens with two attached hydrogens (primary N) is 1. The van der Waals surface area contributed by atoms with E-state index in [1.807, 2.05) is 31.0 Å². The minimum Gasteiger partial charge on any atom is -0.328 e. The highest BCUT2D eigenvalue weighted by atomic mass is 79.9.